The van der Waals surface area contributed by atoms with Crippen molar-refractivity contribution in [2.45, 2.75) is 63.5 Å². The minimum Gasteiger partial charge on any atom is -0.373 e. The Kier molecular flexibility index (Phi) is 5.70. The first-order valence-electron chi connectivity index (χ1n) is 12.2. The van der Waals surface area contributed by atoms with E-state index in [1.54, 1.807) is 24.0 Å². The fourth-order valence-corrected chi connectivity index (χ4v) is 4.98. The number of alkyl halides is 2. The zero-order valence-electron chi connectivity index (χ0n) is 20.3. The van der Waals surface area contributed by atoms with Gasteiger partial charge in [-0.05, 0) is 38.8 Å². The minimum atomic E-state index is -2.63. The van der Waals surface area contributed by atoms with Crippen LogP contribution in [0.3, 0.4) is 0 Å². The van der Waals surface area contributed by atoms with Crippen LogP contribution in [0.2, 0.25) is 0 Å². The Bertz CT molecular complexity index is 1500. The van der Waals surface area contributed by atoms with Crippen molar-refractivity contribution in [1.82, 2.24) is 29.7 Å². The van der Waals surface area contributed by atoms with Gasteiger partial charge in [-0.3, -0.25) is 4.68 Å². The molecule has 2 aliphatic rings. The Labute approximate surface area is 209 Å². The molecule has 11 heteroatoms. The van der Waals surface area contributed by atoms with E-state index in [-0.39, 0.29) is 42.2 Å². The molecule has 0 bridgehead atoms. The third kappa shape index (κ3) is 4.45. The van der Waals surface area contributed by atoms with E-state index in [0.29, 0.717) is 47.8 Å². The van der Waals surface area contributed by atoms with Gasteiger partial charge in [-0.25, -0.2) is 37.5 Å². The van der Waals surface area contributed by atoms with Crippen molar-refractivity contribution in [1.29, 1.82) is 0 Å². The molecule has 0 radical (unpaired) electrons. The molecule has 7 nitrogen and oxygen atoms in total. The number of hydrogen-bond donors (Lipinski definition) is 0. The molecule has 1 saturated carbocycles. The van der Waals surface area contributed by atoms with Gasteiger partial charge >= 0.3 is 0 Å². The molecule has 4 aromatic rings. The standard InChI is InChI=1S/C26H24F4N6O/c1-13-14(2)33-25-23(32-13)22(19-4-3-17(27)8-20(19)28)34-24(35-25)15-5-6-37-21(7-15)16-11-31-36(12-16)18-9-26(29,30)10-18/h3-4,8,11-12,15,18,21H,5-7,9-10H2,1-2H3/t15-,21-/m0/s1. The molecule has 0 amide bonds. The van der Waals surface area contributed by atoms with Crippen molar-refractivity contribution in [3.63, 3.8) is 0 Å². The molecule has 2 fully saturated rings. The molecule has 192 valence electrons. The number of hydrogen-bond acceptors (Lipinski definition) is 6. The Morgan fingerprint density at radius 1 is 1.03 bits per heavy atom. The molecule has 1 aliphatic carbocycles. The van der Waals surface area contributed by atoms with Crippen LogP contribution in [0.5, 0.6) is 0 Å². The largest absolute Gasteiger partial charge is 0.373 e. The van der Waals surface area contributed by atoms with Gasteiger partial charge in [0.15, 0.2) is 5.65 Å². The number of rotatable bonds is 4. The van der Waals surface area contributed by atoms with E-state index in [2.05, 4.69) is 15.1 Å². The summed E-state index contributed by atoms with van der Waals surface area (Å²) in [6.07, 6.45) is 3.85. The first-order chi connectivity index (χ1) is 17.7. The number of aryl methyl sites for hydroxylation is 2. The summed E-state index contributed by atoms with van der Waals surface area (Å²) in [6.45, 7) is 4.05. The topological polar surface area (TPSA) is 78.6 Å². The SMILES string of the molecule is Cc1nc2nc([C@H]3CCO[C@H](c4cnn(C5CC(F)(F)C5)c4)C3)nc(-c3ccc(F)cc3F)c2nc1C. The lowest BCUT2D eigenvalue weighted by Crippen LogP contribution is -2.37. The van der Waals surface area contributed by atoms with Crippen LogP contribution < -0.4 is 0 Å². The molecule has 0 N–H and O–H groups in total. The van der Waals surface area contributed by atoms with Gasteiger partial charge in [0.25, 0.3) is 5.92 Å². The maximum absolute atomic E-state index is 14.8. The van der Waals surface area contributed by atoms with Crippen LogP contribution in [-0.2, 0) is 4.74 Å². The zero-order valence-corrected chi connectivity index (χ0v) is 20.3. The summed E-state index contributed by atoms with van der Waals surface area (Å²) in [5.74, 6) is -3.72. The number of ether oxygens (including phenoxy) is 1. The molecule has 6 rings (SSSR count). The lowest BCUT2D eigenvalue weighted by molar-refractivity contribution is -0.107. The molecule has 0 unspecified atom stereocenters. The number of aromatic nitrogens is 6. The van der Waals surface area contributed by atoms with E-state index in [9.17, 15) is 17.6 Å². The van der Waals surface area contributed by atoms with Crippen molar-refractivity contribution >= 4 is 11.2 Å². The van der Waals surface area contributed by atoms with Crippen molar-refractivity contribution in [3.8, 4) is 11.3 Å². The molecular weight excluding hydrogens is 488 g/mol. The third-order valence-electron chi connectivity index (χ3n) is 7.23. The highest BCUT2D eigenvalue weighted by Crippen LogP contribution is 2.46. The van der Waals surface area contributed by atoms with Gasteiger partial charge in [-0.2, -0.15) is 5.10 Å². The van der Waals surface area contributed by atoms with Gasteiger partial charge in [-0.1, -0.05) is 0 Å². The Morgan fingerprint density at radius 3 is 2.57 bits per heavy atom. The van der Waals surface area contributed by atoms with Crippen molar-refractivity contribution in [2.75, 3.05) is 6.61 Å². The number of benzene rings is 1. The molecule has 2 atom stereocenters. The fraction of sp³-hybridized carbons (Fsp3) is 0.423. The summed E-state index contributed by atoms with van der Waals surface area (Å²) >= 11 is 0. The molecule has 1 aromatic carbocycles. The second-order valence-corrected chi connectivity index (χ2v) is 9.87. The summed E-state index contributed by atoms with van der Waals surface area (Å²) in [7, 11) is 0. The van der Waals surface area contributed by atoms with Gasteiger partial charge in [0, 0.05) is 48.8 Å². The lowest BCUT2D eigenvalue weighted by Gasteiger charge is -2.34. The number of nitrogens with zero attached hydrogens (tertiary/aromatic N) is 6. The van der Waals surface area contributed by atoms with Crippen molar-refractivity contribution in [2.24, 2.45) is 0 Å². The third-order valence-corrected chi connectivity index (χ3v) is 7.23. The van der Waals surface area contributed by atoms with Crippen LogP contribution in [0.25, 0.3) is 22.4 Å². The molecule has 4 heterocycles. The predicted octanol–water partition coefficient (Wildman–Crippen LogP) is 5.78. The van der Waals surface area contributed by atoms with Gasteiger partial charge in [0.2, 0.25) is 0 Å². The van der Waals surface area contributed by atoms with Gasteiger partial charge < -0.3 is 4.74 Å². The maximum atomic E-state index is 14.8. The van der Waals surface area contributed by atoms with Crippen LogP contribution in [0.1, 0.15) is 66.5 Å². The van der Waals surface area contributed by atoms with E-state index in [0.717, 1.165) is 11.6 Å². The second kappa shape index (κ2) is 8.83. The quantitative estimate of drug-likeness (QED) is 0.323. The van der Waals surface area contributed by atoms with Crippen LogP contribution in [0, 0.1) is 25.5 Å². The number of fused-ring (bicyclic) bond motifs is 1. The minimum absolute atomic E-state index is 0.120. The summed E-state index contributed by atoms with van der Waals surface area (Å²) in [5, 5.41) is 4.29. The average Bonchev–Trinajstić information content (AvgIpc) is 3.33. The molecule has 0 spiro atoms. The second-order valence-electron chi connectivity index (χ2n) is 9.87. The smallest absolute Gasteiger partial charge is 0.252 e. The molecular formula is C26H24F4N6O. The Morgan fingerprint density at radius 2 is 1.81 bits per heavy atom. The monoisotopic (exact) mass is 512 g/mol. The molecule has 3 aromatic heterocycles. The molecule has 1 saturated heterocycles. The van der Waals surface area contributed by atoms with E-state index < -0.39 is 17.6 Å². The summed E-state index contributed by atoms with van der Waals surface area (Å²) in [6, 6.07) is 3.03. The summed E-state index contributed by atoms with van der Waals surface area (Å²) in [4.78, 5) is 18.6. The zero-order chi connectivity index (χ0) is 25.9. The van der Waals surface area contributed by atoms with E-state index >= 15 is 0 Å². The summed E-state index contributed by atoms with van der Waals surface area (Å²) in [5.41, 5.74) is 3.23. The predicted molar refractivity (Wildman–Crippen MR) is 126 cm³/mol. The van der Waals surface area contributed by atoms with Crippen molar-refractivity contribution < 1.29 is 22.3 Å². The first-order valence-corrected chi connectivity index (χ1v) is 12.2. The van der Waals surface area contributed by atoms with Crippen LogP contribution in [0.15, 0.2) is 30.6 Å². The van der Waals surface area contributed by atoms with Crippen LogP contribution in [-0.4, -0.2) is 42.2 Å². The maximum Gasteiger partial charge on any atom is 0.252 e. The highest BCUT2D eigenvalue weighted by Gasteiger charge is 2.46. The van der Waals surface area contributed by atoms with E-state index in [4.69, 9.17) is 14.7 Å². The Hall–Kier alpha value is -3.47. The van der Waals surface area contributed by atoms with E-state index in [1.165, 1.54) is 12.1 Å². The normalized spacial score (nSPS) is 21.8. The highest BCUT2D eigenvalue weighted by molar-refractivity contribution is 5.87. The fourth-order valence-electron chi connectivity index (χ4n) is 4.98. The molecule has 37 heavy (non-hydrogen) atoms. The average molecular weight is 513 g/mol. The Balaban J connectivity index is 1.35. The van der Waals surface area contributed by atoms with Crippen LogP contribution in [0.4, 0.5) is 17.6 Å². The lowest BCUT2D eigenvalue weighted by atomic mass is 9.88. The van der Waals surface area contributed by atoms with Gasteiger partial charge in [0.1, 0.15) is 28.7 Å². The van der Waals surface area contributed by atoms with Gasteiger partial charge in [-0.15, -0.1) is 0 Å². The molecule has 1 aliphatic heterocycles. The van der Waals surface area contributed by atoms with Gasteiger partial charge in [0.05, 0.1) is 29.7 Å². The number of halogens is 4. The highest BCUT2D eigenvalue weighted by atomic mass is 19.3. The van der Waals surface area contributed by atoms with Crippen LogP contribution >= 0.6 is 0 Å². The first kappa shape index (κ1) is 23.9. The summed E-state index contributed by atoms with van der Waals surface area (Å²) < 4.78 is 62.6. The van der Waals surface area contributed by atoms with E-state index in [1.807, 2.05) is 6.92 Å². The van der Waals surface area contributed by atoms with Crippen molar-refractivity contribution in [3.05, 3.63) is 65.0 Å².